The highest BCUT2D eigenvalue weighted by Gasteiger charge is 2.23. The van der Waals surface area contributed by atoms with Crippen LogP contribution in [0.3, 0.4) is 0 Å². The quantitative estimate of drug-likeness (QED) is 0.501. The van der Waals surface area contributed by atoms with E-state index in [1.807, 2.05) is 0 Å². The van der Waals surface area contributed by atoms with Crippen LogP contribution >= 0.6 is 11.6 Å². The van der Waals surface area contributed by atoms with E-state index < -0.39 is 5.97 Å². The first kappa shape index (κ1) is 16.0. The van der Waals surface area contributed by atoms with Crippen LogP contribution in [0.15, 0.2) is 12.1 Å². The number of halogens is 1. The van der Waals surface area contributed by atoms with Crippen molar-refractivity contribution in [3.05, 3.63) is 22.7 Å². The minimum atomic E-state index is -0.423. The molecule has 2 rings (SSSR count). The lowest BCUT2D eigenvalue weighted by molar-refractivity contribution is 0.0602. The van der Waals surface area contributed by atoms with Crippen molar-refractivity contribution >= 4 is 28.9 Å². The van der Waals surface area contributed by atoms with Crippen molar-refractivity contribution in [1.82, 2.24) is 0 Å². The maximum atomic E-state index is 12.0. The Bertz CT molecular complexity index is 519. The van der Waals surface area contributed by atoms with Crippen LogP contribution in [0, 0.1) is 5.92 Å². The number of nitrogens with one attached hydrogen (secondary N) is 1. The summed E-state index contributed by atoms with van der Waals surface area (Å²) in [6.45, 7) is 2.24. The lowest BCUT2D eigenvalue weighted by Gasteiger charge is -2.26. The van der Waals surface area contributed by atoms with E-state index in [0.29, 0.717) is 33.9 Å². The van der Waals surface area contributed by atoms with Gasteiger partial charge in [0.1, 0.15) is 0 Å². The summed E-state index contributed by atoms with van der Waals surface area (Å²) in [6.07, 6.45) is 6.00. The molecule has 0 saturated heterocycles. The summed E-state index contributed by atoms with van der Waals surface area (Å²) in [5.74, 6) is 0.125. The Labute approximate surface area is 131 Å². The highest BCUT2D eigenvalue weighted by atomic mass is 35.5. The highest BCUT2D eigenvalue weighted by molar-refractivity contribution is 6.34. The standard InChI is InChI=1S/C16H23ClN2O2/c1-10-6-4-3-5-7-14(10)19-15-12(16(20)21-2)8-11(18)9-13(15)17/h8-10,14,19H,3-7,18H2,1-2H3. The van der Waals surface area contributed by atoms with Crippen LogP contribution in [0.5, 0.6) is 0 Å². The zero-order valence-electron chi connectivity index (χ0n) is 12.6. The number of rotatable bonds is 3. The van der Waals surface area contributed by atoms with Crippen molar-refractivity contribution in [1.29, 1.82) is 0 Å². The number of hydrogen-bond donors (Lipinski definition) is 2. The fourth-order valence-electron chi connectivity index (χ4n) is 2.94. The number of benzene rings is 1. The number of nitrogen functional groups attached to an aromatic ring is 1. The van der Waals surface area contributed by atoms with Crippen LogP contribution in [0.4, 0.5) is 11.4 Å². The van der Waals surface area contributed by atoms with Crippen LogP contribution in [-0.2, 0) is 4.74 Å². The Hall–Kier alpha value is -1.42. The van der Waals surface area contributed by atoms with E-state index >= 15 is 0 Å². The molecule has 1 aliphatic rings. The van der Waals surface area contributed by atoms with E-state index in [0.717, 1.165) is 6.42 Å². The molecule has 1 aliphatic carbocycles. The second-order valence-electron chi connectivity index (χ2n) is 5.78. The van der Waals surface area contributed by atoms with Gasteiger partial charge in [0.15, 0.2) is 0 Å². The molecule has 0 aliphatic heterocycles. The van der Waals surface area contributed by atoms with Gasteiger partial charge in [0.05, 0.1) is 23.4 Å². The molecule has 0 spiro atoms. The minimum absolute atomic E-state index is 0.317. The van der Waals surface area contributed by atoms with Gasteiger partial charge in [-0.25, -0.2) is 4.79 Å². The number of methoxy groups -OCH3 is 1. The van der Waals surface area contributed by atoms with E-state index in [-0.39, 0.29) is 0 Å². The summed E-state index contributed by atoms with van der Waals surface area (Å²) in [6, 6.07) is 3.59. The fourth-order valence-corrected chi connectivity index (χ4v) is 3.22. The molecule has 1 fully saturated rings. The first-order chi connectivity index (χ1) is 10.0. The number of carbonyl (C=O) groups excluding carboxylic acids is 1. The van der Waals surface area contributed by atoms with Crippen LogP contribution < -0.4 is 11.1 Å². The maximum Gasteiger partial charge on any atom is 0.340 e. The predicted octanol–water partition coefficient (Wildman–Crippen LogP) is 4.09. The van der Waals surface area contributed by atoms with E-state index in [2.05, 4.69) is 12.2 Å². The van der Waals surface area contributed by atoms with Gasteiger partial charge in [0.25, 0.3) is 0 Å². The maximum absolute atomic E-state index is 12.0. The van der Waals surface area contributed by atoms with Crippen LogP contribution in [-0.4, -0.2) is 19.1 Å². The van der Waals surface area contributed by atoms with Crippen molar-refractivity contribution in [2.75, 3.05) is 18.2 Å². The zero-order valence-corrected chi connectivity index (χ0v) is 13.4. The first-order valence-electron chi connectivity index (χ1n) is 7.46. The van der Waals surface area contributed by atoms with Gasteiger partial charge < -0.3 is 15.8 Å². The molecule has 21 heavy (non-hydrogen) atoms. The molecule has 4 nitrogen and oxygen atoms in total. The van der Waals surface area contributed by atoms with Crippen molar-refractivity contribution in [2.45, 2.75) is 45.1 Å². The molecule has 5 heteroatoms. The minimum Gasteiger partial charge on any atom is -0.465 e. The molecular formula is C16H23ClN2O2. The fraction of sp³-hybridized carbons (Fsp3) is 0.562. The molecule has 0 bridgehead atoms. The smallest absolute Gasteiger partial charge is 0.340 e. The summed E-state index contributed by atoms with van der Waals surface area (Å²) in [7, 11) is 1.36. The molecule has 2 atom stereocenters. The zero-order chi connectivity index (χ0) is 15.4. The molecule has 116 valence electrons. The molecule has 0 radical (unpaired) electrons. The van der Waals surface area contributed by atoms with Crippen molar-refractivity contribution in [3.63, 3.8) is 0 Å². The average molecular weight is 311 g/mol. The van der Waals surface area contributed by atoms with E-state index in [1.165, 1.54) is 32.8 Å². The van der Waals surface area contributed by atoms with Crippen LogP contribution in [0.25, 0.3) is 0 Å². The summed E-state index contributed by atoms with van der Waals surface area (Å²) in [5.41, 5.74) is 7.28. The summed E-state index contributed by atoms with van der Waals surface area (Å²) in [4.78, 5) is 12.0. The topological polar surface area (TPSA) is 64.3 Å². The van der Waals surface area contributed by atoms with Gasteiger partial charge in [-0.1, -0.05) is 37.8 Å². The third kappa shape index (κ3) is 3.82. The summed E-state index contributed by atoms with van der Waals surface area (Å²) >= 11 is 6.29. The van der Waals surface area contributed by atoms with Gasteiger partial charge in [-0.05, 0) is 30.9 Å². The van der Waals surface area contributed by atoms with E-state index in [4.69, 9.17) is 22.1 Å². The number of anilines is 2. The second kappa shape index (κ2) is 7.03. The Kier molecular flexibility index (Phi) is 5.34. The Balaban J connectivity index is 2.31. The number of hydrogen-bond acceptors (Lipinski definition) is 4. The number of ether oxygens (including phenoxy) is 1. The molecule has 3 N–H and O–H groups in total. The predicted molar refractivity (Wildman–Crippen MR) is 86.9 cm³/mol. The van der Waals surface area contributed by atoms with Crippen LogP contribution in [0.1, 0.15) is 49.4 Å². The number of carbonyl (C=O) groups is 1. The average Bonchev–Trinajstić information content (AvgIpc) is 2.65. The number of esters is 1. The Morgan fingerprint density at radius 2 is 2.05 bits per heavy atom. The first-order valence-corrected chi connectivity index (χ1v) is 7.84. The third-order valence-electron chi connectivity index (χ3n) is 4.21. The molecular weight excluding hydrogens is 288 g/mol. The lowest BCUT2D eigenvalue weighted by atomic mass is 9.96. The molecule has 1 saturated carbocycles. The van der Waals surface area contributed by atoms with Crippen molar-refractivity contribution in [3.8, 4) is 0 Å². The number of nitrogens with two attached hydrogens (primary N) is 1. The summed E-state index contributed by atoms with van der Waals surface area (Å²) in [5, 5.41) is 3.93. The Morgan fingerprint density at radius 3 is 2.76 bits per heavy atom. The molecule has 0 heterocycles. The molecule has 1 aromatic carbocycles. The monoisotopic (exact) mass is 310 g/mol. The van der Waals surface area contributed by atoms with Gasteiger partial charge >= 0.3 is 5.97 Å². The van der Waals surface area contributed by atoms with Gasteiger partial charge in [0.2, 0.25) is 0 Å². The molecule has 0 amide bonds. The second-order valence-corrected chi connectivity index (χ2v) is 6.19. The SMILES string of the molecule is COC(=O)c1cc(N)cc(Cl)c1NC1CCCCCC1C. The van der Waals surface area contributed by atoms with Gasteiger partial charge in [-0.15, -0.1) is 0 Å². The lowest BCUT2D eigenvalue weighted by Crippen LogP contribution is -2.27. The Morgan fingerprint density at radius 1 is 1.33 bits per heavy atom. The third-order valence-corrected chi connectivity index (χ3v) is 4.51. The highest BCUT2D eigenvalue weighted by Crippen LogP contribution is 2.33. The van der Waals surface area contributed by atoms with Gasteiger partial charge in [-0.3, -0.25) is 0 Å². The van der Waals surface area contributed by atoms with Gasteiger partial charge in [-0.2, -0.15) is 0 Å². The van der Waals surface area contributed by atoms with Crippen molar-refractivity contribution < 1.29 is 9.53 Å². The normalized spacial score (nSPS) is 22.4. The largest absolute Gasteiger partial charge is 0.465 e. The van der Waals surface area contributed by atoms with Crippen molar-refractivity contribution in [2.24, 2.45) is 5.92 Å². The van der Waals surface area contributed by atoms with Crippen LogP contribution in [0.2, 0.25) is 5.02 Å². The molecule has 0 aromatic heterocycles. The summed E-state index contributed by atoms with van der Waals surface area (Å²) < 4.78 is 4.83. The molecule has 2 unspecified atom stereocenters. The van der Waals surface area contributed by atoms with E-state index in [1.54, 1.807) is 12.1 Å². The van der Waals surface area contributed by atoms with Gasteiger partial charge in [0, 0.05) is 11.7 Å². The van der Waals surface area contributed by atoms with E-state index in [9.17, 15) is 4.79 Å². The molecule has 1 aromatic rings.